The predicted molar refractivity (Wildman–Crippen MR) is 76.0 cm³/mol. The van der Waals surface area contributed by atoms with Gasteiger partial charge in [0.1, 0.15) is 0 Å². The highest BCUT2D eigenvalue weighted by atomic mass is 32.2. The lowest BCUT2D eigenvalue weighted by Crippen LogP contribution is -2.20. The fraction of sp³-hybridized carbons (Fsp3) is 0.583. The van der Waals surface area contributed by atoms with Crippen LogP contribution in [0.5, 0.6) is 0 Å². The lowest BCUT2D eigenvalue weighted by atomic mass is 10.1. The first-order valence-electron chi connectivity index (χ1n) is 6.06. The van der Waals surface area contributed by atoms with E-state index in [2.05, 4.69) is 22.1 Å². The van der Waals surface area contributed by atoms with E-state index in [1.807, 2.05) is 6.92 Å². The summed E-state index contributed by atoms with van der Waals surface area (Å²) >= 11 is 3.03. The quantitative estimate of drug-likeness (QED) is 0.511. The number of nitrogens with one attached hydrogen (secondary N) is 1. The molecule has 1 aromatic rings. The second-order valence-corrected chi connectivity index (χ2v) is 6.79. The van der Waals surface area contributed by atoms with Gasteiger partial charge in [0.15, 0.2) is 4.34 Å². The average molecular weight is 283 g/mol. The Hall–Kier alpha value is -0.880. The SMILES string of the molecule is C=C(C)CSc1nnc(NC(=O)C2CCCC2)s1. The molecule has 1 aliphatic rings. The zero-order chi connectivity index (χ0) is 13.0. The number of amides is 1. The maximum atomic E-state index is 11.9. The molecule has 4 nitrogen and oxygen atoms in total. The third kappa shape index (κ3) is 3.81. The third-order valence-corrected chi connectivity index (χ3v) is 5.01. The van der Waals surface area contributed by atoms with Gasteiger partial charge in [-0.2, -0.15) is 0 Å². The van der Waals surface area contributed by atoms with Crippen molar-refractivity contribution < 1.29 is 4.79 Å². The van der Waals surface area contributed by atoms with Crippen molar-refractivity contribution in [3.8, 4) is 0 Å². The number of aromatic nitrogens is 2. The van der Waals surface area contributed by atoms with E-state index in [9.17, 15) is 4.79 Å². The van der Waals surface area contributed by atoms with Crippen LogP contribution in [0.25, 0.3) is 0 Å². The van der Waals surface area contributed by atoms with Crippen LogP contribution in [0, 0.1) is 5.92 Å². The van der Waals surface area contributed by atoms with Crippen LogP contribution in [0.4, 0.5) is 5.13 Å². The van der Waals surface area contributed by atoms with Gasteiger partial charge in [0.2, 0.25) is 11.0 Å². The van der Waals surface area contributed by atoms with Gasteiger partial charge in [0, 0.05) is 11.7 Å². The normalized spacial score (nSPS) is 15.8. The minimum Gasteiger partial charge on any atom is -0.300 e. The number of rotatable bonds is 5. The molecule has 1 saturated carbocycles. The van der Waals surface area contributed by atoms with Gasteiger partial charge in [-0.15, -0.1) is 10.2 Å². The van der Waals surface area contributed by atoms with Crippen LogP contribution in [0.1, 0.15) is 32.6 Å². The molecule has 0 radical (unpaired) electrons. The third-order valence-electron chi connectivity index (χ3n) is 2.80. The van der Waals surface area contributed by atoms with Gasteiger partial charge >= 0.3 is 0 Å². The summed E-state index contributed by atoms with van der Waals surface area (Å²) in [6.07, 6.45) is 4.33. The minimum absolute atomic E-state index is 0.0973. The number of hydrogen-bond donors (Lipinski definition) is 1. The summed E-state index contributed by atoms with van der Waals surface area (Å²) in [6, 6.07) is 0. The zero-order valence-corrected chi connectivity index (χ0v) is 12.1. The summed E-state index contributed by atoms with van der Waals surface area (Å²) in [5.74, 6) is 1.10. The summed E-state index contributed by atoms with van der Waals surface area (Å²) in [7, 11) is 0. The van der Waals surface area contributed by atoms with Gasteiger partial charge in [0.05, 0.1) is 0 Å². The molecule has 1 aliphatic carbocycles. The van der Waals surface area contributed by atoms with Crippen molar-refractivity contribution in [1.82, 2.24) is 10.2 Å². The fourth-order valence-electron chi connectivity index (χ4n) is 1.90. The number of thioether (sulfide) groups is 1. The summed E-state index contributed by atoms with van der Waals surface area (Å²) < 4.78 is 0.875. The van der Waals surface area contributed by atoms with Gasteiger partial charge in [-0.05, 0) is 19.8 Å². The molecule has 98 valence electrons. The van der Waals surface area contributed by atoms with Crippen molar-refractivity contribution in [3.63, 3.8) is 0 Å². The van der Waals surface area contributed by atoms with Crippen LogP contribution in [0.15, 0.2) is 16.5 Å². The predicted octanol–water partition coefficient (Wildman–Crippen LogP) is 3.34. The molecule has 1 aromatic heterocycles. The molecule has 1 heterocycles. The Bertz CT molecular complexity index is 438. The van der Waals surface area contributed by atoms with Gasteiger partial charge in [-0.1, -0.05) is 48.1 Å². The largest absolute Gasteiger partial charge is 0.300 e. The highest BCUT2D eigenvalue weighted by molar-refractivity contribution is 8.01. The molecule has 0 bridgehead atoms. The first-order chi connectivity index (χ1) is 8.65. The molecule has 0 unspecified atom stereocenters. The van der Waals surface area contributed by atoms with E-state index >= 15 is 0 Å². The molecular weight excluding hydrogens is 266 g/mol. The first-order valence-corrected chi connectivity index (χ1v) is 7.87. The lowest BCUT2D eigenvalue weighted by molar-refractivity contribution is -0.119. The molecule has 18 heavy (non-hydrogen) atoms. The molecule has 0 spiro atoms. The van der Waals surface area contributed by atoms with Gasteiger partial charge < -0.3 is 5.32 Å². The second-order valence-electron chi connectivity index (χ2n) is 4.59. The number of nitrogens with zero attached hydrogens (tertiary/aromatic N) is 2. The van der Waals surface area contributed by atoms with Crippen LogP contribution in [-0.2, 0) is 4.79 Å². The summed E-state index contributed by atoms with van der Waals surface area (Å²) in [6.45, 7) is 5.83. The van der Waals surface area contributed by atoms with Crippen molar-refractivity contribution in [2.24, 2.45) is 5.92 Å². The van der Waals surface area contributed by atoms with Crippen molar-refractivity contribution in [2.75, 3.05) is 11.1 Å². The van der Waals surface area contributed by atoms with E-state index in [1.165, 1.54) is 11.3 Å². The number of anilines is 1. The molecular formula is C12H17N3OS2. The van der Waals surface area contributed by atoms with Crippen molar-refractivity contribution in [1.29, 1.82) is 0 Å². The molecule has 1 amide bonds. The van der Waals surface area contributed by atoms with E-state index in [1.54, 1.807) is 11.8 Å². The Morgan fingerprint density at radius 2 is 2.22 bits per heavy atom. The van der Waals surface area contributed by atoms with E-state index in [-0.39, 0.29) is 11.8 Å². The molecule has 1 fully saturated rings. The molecule has 2 rings (SSSR count). The molecule has 0 atom stereocenters. The van der Waals surface area contributed by atoms with E-state index in [0.717, 1.165) is 41.3 Å². The maximum Gasteiger partial charge on any atom is 0.229 e. The number of carbonyl (C=O) groups excluding carboxylic acids is 1. The van der Waals surface area contributed by atoms with Crippen molar-refractivity contribution >= 4 is 34.1 Å². The zero-order valence-electron chi connectivity index (χ0n) is 10.4. The highest BCUT2D eigenvalue weighted by Crippen LogP contribution is 2.29. The molecule has 1 N–H and O–H groups in total. The smallest absolute Gasteiger partial charge is 0.229 e. The van der Waals surface area contributed by atoms with E-state index in [4.69, 9.17) is 0 Å². The van der Waals surface area contributed by atoms with E-state index in [0.29, 0.717) is 5.13 Å². The number of hydrogen-bond acceptors (Lipinski definition) is 5. The topological polar surface area (TPSA) is 54.9 Å². The first kappa shape index (κ1) is 13.5. The Balaban J connectivity index is 1.85. The monoisotopic (exact) mass is 283 g/mol. The van der Waals surface area contributed by atoms with Gasteiger partial charge in [-0.3, -0.25) is 4.79 Å². The Morgan fingerprint density at radius 1 is 1.50 bits per heavy atom. The minimum atomic E-state index is 0.0973. The van der Waals surface area contributed by atoms with Crippen LogP contribution in [0.3, 0.4) is 0 Å². The highest BCUT2D eigenvalue weighted by Gasteiger charge is 2.23. The van der Waals surface area contributed by atoms with E-state index < -0.39 is 0 Å². The van der Waals surface area contributed by atoms with Crippen LogP contribution in [-0.4, -0.2) is 21.9 Å². The summed E-state index contributed by atoms with van der Waals surface area (Å²) in [5.41, 5.74) is 1.10. The van der Waals surface area contributed by atoms with Gasteiger partial charge in [0.25, 0.3) is 0 Å². The Kier molecular flexibility index (Phi) is 4.77. The molecule has 0 aromatic carbocycles. The molecule has 0 aliphatic heterocycles. The second kappa shape index (κ2) is 6.33. The Morgan fingerprint density at radius 3 is 2.89 bits per heavy atom. The summed E-state index contributed by atoms with van der Waals surface area (Å²) in [5, 5.41) is 11.5. The summed E-state index contributed by atoms with van der Waals surface area (Å²) in [4.78, 5) is 11.9. The molecule has 6 heteroatoms. The van der Waals surface area contributed by atoms with Crippen molar-refractivity contribution in [3.05, 3.63) is 12.2 Å². The number of carbonyl (C=O) groups is 1. The fourth-order valence-corrected chi connectivity index (χ4v) is 3.50. The lowest BCUT2D eigenvalue weighted by Gasteiger charge is -2.06. The van der Waals surface area contributed by atoms with Crippen LogP contribution < -0.4 is 5.32 Å². The van der Waals surface area contributed by atoms with Gasteiger partial charge in [-0.25, -0.2) is 0 Å². The van der Waals surface area contributed by atoms with Crippen LogP contribution in [0.2, 0.25) is 0 Å². The Labute approximate surface area is 115 Å². The molecule has 0 saturated heterocycles. The standard InChI is InChI=1S/C12H17N3OS2/c1-8(2)7-17-12-15-14-11(18-12)13-10(16)9-5-3-4-6-9/h9H,1,3-7H2,2H3,(H,13,14,16). The van der Waals surface area contributed by atoms with Crippen LogP contribution >= 0.6 is 23.1 Å². The van der Waals surface area contributed by atoms with Crippen molar-refractivity contribution in [2.45, 2.75) is 36.9 Å². The maximum absolute atomic E-state index is 11.9. The average Bonchev–Trinajstić information content (AvgIpc) is 2.97.